The second kappa shape index (κ2) is 3.79. The second-order valence-corrected chi connectivity index (χ2v) is 4.16. The van der Waals surface area contributed by atoms with Gasteiger partial charge in [-0.25, -0.2) is 4.98 Å². The maximum Gasteiger partial charge on any atom is 0.213 e. The normalized spacial score (nSPS) is 18.7. The number of pyridine rings is 1. The number of aromatic nitrogens is 1. The Morgan fingerprint density at radius 2 is 2.20 bits per heavy atom. The summed E-state index contributed by atoms with van der Waals surface area (Å²) < 4.78 is 5.48. The summed E-state index contributed by atoms with van der Waals surface area (Å²) in [6.07, 6.45) is 0.0990. The molecule has 0 saturated carbocycles. The molecule has 2 N–H and O–H groups in total. The van der Waals surface area contributed by atoms with Gasteiger partial charge in [0, 0.05) is 19.2 Å². The number of rotatable bonds is 3. The van der Waals surface area contributed by atoms with E-state index < -0.39 is 5.60 Å². The van der Waals surface area contributed by atoms with Crippen molar-refractivity contribution < 1.29 is 9.84 Å². The molecule has 0 aromatic carbocycles. The van der Waals surface area contributed by atoms with Crippen LogP contribution in [0.2, 0.25) is 0 Å². The third-order valence-corrected chi connectivity index (χ3v) is 2.39. The average molecular weight is 208 g/mol. The van der Waals surface area contributed by atoms with Crippen LogP contribution in [-0.4, -0.2) is 29.3 Å². The van der Waals surface area contributed by atoms with Crippen molar-refractivity contribution in [1.82, 2.24) is 10.3 Å². The molecule has 82 valence electrons. The van der Waals surface area contributed by atoms with Crippen LogP contribution in [0.1, 0.15) is 19.5 Å². The molecular formula is C11H16N2O2. The number of aliphatic hydroxyl groups is 1. The van der Waals surface area contributed by atoms with Gasteiger partial charge >= 0.3 is 0 Å². The second-order valence-electron chi connectivity index (χ2n) is 4.16. The summed E-state index contributed by atoms with van der Waals surface area (Å²) in [5.74, 6) is 0.572. The van der Waals surface area contributed by atoms with E-state index in [-0.39, 0.29) is 6.10 Å². The first-order chi connectivity index (χ1) is 7.10. The summed E-state index contributed by atoms with van der Waals surface area (Å²) in [6, 6.07) is 5.49. The zero-order chi connectivity index (χ0) is 10.9. The standard InChI is InChI=1S/C11H16N2O2/c1-8(2)15-10-5-3-4-9(13-10)11(14)6-12-7-11/h3-5,8,12,14H,6-7H2,1-2H3. The first-order valence-electron chi connectivity index (χ1n) is 5.17. The van der Waals surface area contributed by atoms with Gasteiger partial charge in [-0.05, 0) is 19.9 Å². The smallest absolute Gasteiger partial charge is 0.213 e. The number of hydrogen-bond acceptors (Lipinski definition) is 4. The molecule has 15 heavy (non-hydrogen) atoms. The fourth-order valence-corrected chi connectivity index (χ4v) is 1.52. The van der Waals surface area contributed by atoms with E-state index in [1.807, 2.05) is 26.0 Å². The monoisotopic (exact) mass is 208 g/mol. The molecule has 0 amide bonds. The summed E-state index contributed by atoms with van der Waals surface area (Å²) in [7, 11) is 0. The van der Waals surface area contributed by atoms with Crippen LogP contribution in [0.4, 0.5) is 0 Å². The van der Waals surface area contributed by atoms with Gasteiger partial charge in [0.05, 0.1) is 11.8 Å². The van der Waals surface area contributed by atoms with Crippen molar-refractivity contribution in [2.24, 2.45) is 0 Å². The van der Waals surface area contributed by atoms with E-state index in [9.17, 15) is 5.11 Å². The van der Waals surface area contributed by atoms with Gasteiger partial charge in [-0.15, -0.1) is 0 Å². The summed E-state index contributed by atoms with van der Waals surface area (Å²) in [5, 5.41) is 13.1. The number of nitrogens with zero attached hydrogens (tertiary/aromatic N) is 1. The highest BCUT2D eigenvalue weighted by atomic mass is 16.5. The number of β-amino-alcohol motifs (C(OH)–C–C–N with tert-alkyl or cyclic N) is 1. The predicted octanol–water partition coefficient (Wildman–Crippen LogP) is 0.660. The minimum Gasteiger partial charge on any atom is -0.475 e. The van der Waals surface area contributed by atoms with E-state index in [1.54, 1.807) is 6.07 Å². The lowest BCUT2D eigenvalue weighted by Gasteiger charge is -2.37. The van der Waals surface area contributed by atoms with E-state index >= 15 is 0 Å². The quantitative estimate of drug-likeness (QED) is 0.766. The van der Waals surface area contributed by atoms with Gasteiger partial charge in [-0.3, -0.25) is 0 Å². The van der Waals surface area contributed by atoms with E-state index in [0.29, 0.717) is 24.7 Å². The van der Waals surface area contributed by atoms with Crippen molar-refractivity contribution in [2.75, 3.05) is 13.1 Å². The van der Waals surface area contributed by atoms with Crippen LogP contribution in [-0.2, 0) is 5.60 Å². The fourth-order valence-electron chi connectivity index (χ4n) is 1.52. The minimum absolute atomic E-state index is 0.0990. The molecule has 0 bridgehead atoms. The largest absolute Gasteiger partial charge is 0.475 e. The fraction of sp³-hybridized carbons (Fsp3) is 0.545. The molecule has 1 fully saturated rings. The Kier molecular flexibility index (Phi) is 2.63. The molecule has 1 aromatic heterocycles. The van der Waals surface area contributed by atoms with Gasteiger partial charge in [0.15, 0.2) is 0 Å². The molecule has 1 aliphatic rings. The molecule has 1 aliphatic heterocycles. The van der Waals surface area contributed by atoms with E-state index in [2.05, 4.69) is 10.3 Å². The van der Waals surface area contributed by atoms with Crippen molar-refractivity contribution in [2.45, 2.75) is 25.6 Å². The molecule has 1 aromatic rings. The van der Waals surface area contributed by atoms with Gasteiger partial charge in [0.25, 0.3) is 0 Å². The van der Waals surface area contributed by atoms with Crippen LogP contribution >= 0.6 is 0 Å². The first kappa shape index (κ1) is 10.4. The Hall–Kier alpha value is -1.13. The van der Waals surface area contributed by atoms with Gasteiger partial charge in [0.2, 0.25) is 5.88 Å². The maximum atomic E-state index is 10.1. The van der Waals surface area contributed by atoms with Gasteiger partial charge in [0.1, 0.15) is 5.60 Å². The van der Waals surface area contributed by atoms with Crippen molar-refractivity contribution in [1.29, 1.82) is 0 Å². The molecule has 4 nitrogen and oxygen atoms in total. The minimum atomic E-state index is -0.809. The van der Waals surface area contributed by atoms with Crippen molar-refractivity contribution in [3.8, 4) is 5.88 Å². The molecule has 2 rings (SSSR count). The van der Waals surface area contributed by atoms with E-state index in [4.69, 9.17) is 4.74 Å². The lowest BCUT2D eigenvalue weighted by Crippen LogP contribution is -2.57. The van der Waals surface area contributed by atoms with Crippen LogP contribution in [0, 0.1) is 0 Å². The van der Waals surface area contributed by atoms with Crippen LogP contribution in [0.5, 0.6) is 5.88 Å². The lowest BCUT2D eigenvalue weighted by molar-refractivity contribution is -0.0191. The van der Waals surface area contributed by atoms with Crippen molar-refractivity contribution in [3.63, 3.8) is 0 Å². The average Bonchev–Trinajstić information content (AvgIpc) is 2.13. The molecular weight excluding hydrogens is 192 g/mol. The molecule has 4 heteroatoms. The highest BCUT2D eigenvalue weighted by Crippen LogP contribution is 2.25. The molecule has 0 radical (unpaired) electrons. The summed E-state index contributed by atoms with van der Waals surface area (Å²) >= 11 is 0. The highest BCUT2D eigenvalue weighted by Gasteiger charge is 2.37. The molecule has 0 unspecified atom stereocenters. The Bertz CT molecular complexity index is 348. The van der Waals surface area contributed by atoms with Gasteiger partial charge < -0.3 is 15.2 Å². The first-order valence-corrected chi connectivity index (χ1v) is 5.17. The number of ether oxygens (including phenoxy) is 1. The number of hydrogen-bond donors (Lipinski definition) is 2. The van der Waals surface area contributed by atoms with Crippen LogP contribution in [0.25, 0.3) is 0 Å². The SMILES string of the molecule is CC(C)Oc1cccc(C2(O)CNC2)n1. The van der Waals surface area contributed by atoms with Crippen LogP contribution < -0.4 is 10.1 Å². The molecule has 0 spiro atoms. The Morgan fingerprint density at radius 1 is 1.47 bits per heavy atom. The van der Waals surface area contributed by atoms with Crippen molar-refractivity contribution >= 4 is 0 Å². The molecule has 0 atom stereocenters. The van der Waals surface area contributed by atoms with E-state index in [1.165, 1.54) is 0 Å². The maximum absolute atomic E-state index is 10.1. The Labute approximate surface area is 89.3 Å². The van der Waals surface area contributed by atoms with Crippen LogP contribution in [0.3, 0.4) is 0 Å². The predicted molar refractivity (Wildman–Crippen MR) is 56.8 cm³/mol. The van der Waals surface area contributed by atoms with Gasteiger partial charge in [-0.1, -0.05) is 6.07 Å². The topological polar surface area (TPSA) is 54.4 Å². The highest BCUT2D eigenvalue weighted by molar-refractivity contribution is 5.23. The zero-order valence-corrected chi connectivity index (χ0v) is 9.03. The molecule has 1 saturated heterocycles. The van der Waals surface area contributed by atoms with Crippen molar-refractivity contribution in [3.05, 3.63) is 23.9 Å². The zero-order valence-electron chi connectivity index (χ0n) is 9.03. The van der Waals surface area contributed by atoms with Gasteiger partial charge in [-0.2, -0.15) is 0 Å². The summed E-state index contributed by atoms with van der Waals surface area (Å²) in [6.45, 7) is 5.03. The molecule has 2 heterocycles. The summed E-state index contributed by atoms with van der Waals surface area (Å²) in [4.78, 5) is 4.29. The third kappa shape index (κ3) is 2.11. The van der Waals surface area contributed by atoms with E-state index in [0.717, 1.165) is 0 Å². The molecule has 0 aliphatic carbocycles. The summed E-state index contributed by atoms with van der Waals surface area (Å²) in [5.41, 5.74) is -0.129. The Morgan fingerprint density at radius 3 is 2.73 bits per heavy atom. The number of nitrogens with one attached hydrogen (secondary N) is 1. The lowest BCUT2D eigenvalue weighted by atomic mass is 9.93. The Balaban J connectivity index is 2.19. The third-order valence-electron chi connectivity index (χ3n) is 2.39. The van der Waals surface area contributed by atoms with Crippen LogP contribution in [0.15, 0.2) is 18.2 Å².